The molecule has 1 N–H and O–H groups in total. The van der Waals surface area contributed by atoms with Crippen LogP contribution in [0.25, 0.3) is 0 Å². The first-order valence-electron chi connectivity index (χ1n) is 11.6. The van der Waals surface area contributed by atoms with Gasteiger partial charge < -0.3 is 10.2 Å². The summed E-state index contributed by atoms with van der Waals surface area (Å²) in [5.74, 6) is 0.0400. The molecule has 0 saturated heterocycles. The Kier molecular flexibility index (Phi) is 7.83. The fraction of sp³-hybridized carbons (Fsp3) is 0.462. The van der Waals surface area contributed by atoms with Crippen LogP contribution in [0.1, 0.15) is 59.7 Å². The van der Waals surface area contributed by atoms with Crippen molar-refractivity contribution in [3.8, 4) is 6.07 Å². The van der Waals surface area contributed by atoms with Crippen molar-refractivity contribution in [1.29, 1.82) is 5.26 Å². The Morgan fingerprint density at radius 3 is 2.64 bits per heavy atom. The molecule has 0 bridgehead atoms. The summed E-state index contributed by atoms with van der Waals surface area (Å²) in [6.45, 7) is 4.23. The minimum absolute atomic E-state index is 0.0400. The van der Waals surface area contributed by atoms with E-state index in [9.17, 15) is 4.79 Å². The van der Waals surface area contributed by atoms with E-state index in [1.807, 2.05) is 18.2 Å². The Morgan fingerprint density at radius 1 is 1.21 bits per heavy atom. The molecule has 4 rings (SSSR count). The molecule has 1 fully saturated rings. The van der Waals surface area contributed by atoms with Gasteiger partial charge in [0.1, 0.15) is 6.07 Å². The van der Waals surface area contributed by atoms with Crippen LogP contribution < -0.4 is 10.2 Å². The number of nitrogens with one attached hydrogen (secondary N) is 1. The lowest BCUT2D eigenvalue weighted by Gasteiger charge is -2.36. The first kappa shape index (κ1) is 24.3. The van der Waals surface area contributed by atoms with E-state index in [4.69, 9.17) is 16.9 Å². The highest BCUT2D eigenvalue weighted by atomic mass is 127. The van der Waals surface area contributed by atoms with Crippen LogP contribution in [0, 0.1) is 11.3 Å². The van der Waals surface area contributed by atoms with Crippen LogP contribution in [-0.2, 0) is 13.0 Å². The van der Waals surface area contributed by atoms with Gasteiger partial charge in [-0.1, -0.05) is 40.3 Å². The van der Waals surface area contributed by atoms with E-state index in [1.54, 1.807) is 6.07 Å². The Bertz CT molecular complexity index is 1060. The van der Waals surface area contributed by atoms with Crippen LogP contribution in [0.5, 0.6) is 0 Å². The van der Waals surface area contributed by atoms with E-state index in [-0.39, 0.29) is 11.9 Å². The van der Waals surface area contributed by atoms with Crippen LogP contribution >= 0.6 is 34.2 Å². The number of nitriles is 1. The van der Waals surface area contributed by atoms with Gasteiger partial charge in [0.25, 0.3) is 5.91 Å². The van der Waals surface area contributed by atoms with Crippen molar-refractivity contribution in [2.24, 2.45) is 0 Å². The number of hydrogen-bond donors (Lipinski definition) is 1. The number of halogens is 2. The number of fused-ring (bicyclic) bond motifs is 1. The molecule has 1 atom stereocenters. The summed E-state index contributed by atoms with van der Waals surface area (Å²) in [5, 5.41) is 12.8. The Morgan fingerprint density at radius 2 is 1.97 bits per heavy atom. The molecule has 174 valence electrons. The molecule has 2 aliphatic rings. The van der Waals surface area contributed by atoms with Crippen molar-refractivity contribution in [3.05, 3.63) is 63.7 Å². The fourth-order valence-corrected chi connectivity index (χ4v) is 5.61. The smallest absolute Gasteiger partial charge is 0.251 e. The molecule has 1 saturated carbocycles. The van der Waals surface area contributed by atoms with Crippen molar-refractivity contribution in [1.82, 2.24) is 10.2 Å². The largest absolute Gasteiger partial charge is 0.372 e. The maximum absolute atomic E-state index is 12.9. The van der Waals surface area contributed by atoms with Gasteiger partial charge in [-0.2, -0.15) is 5.26 Å². The molecule has 2 aromatic carbocycles. The zero-order chi connectivity index (χ0) is 23.5. The standard InChI is InChI=1S/C26H30ClIN4O/c1-17(28)32-12-11-18-13-19(3-4-21(18)16-32)26(33)30-22-6-9-23(10-7-22)31(2)24-8-5-20(15-29)25(27)14-24/h3-5,8,13-14,17,22-23H,6-7,9-12,16H2,1-2H3,(H,30,33). The maximum atomic E-state index is 12.9. The van der Waals surface area contributed by atoms with Gasteiger partial charge in [0.2, 0.25) is 0 Å². The second-order valence-corrected chi connectivity index (χ2v) is 11.4. The van der Waals surface area contributed by atoms with Gasteiger partial charge in [-0.15, -0.1) is 0 Å². The number of carbonyl (C=O) groups excluding carboxylic acids is 1. The molecule has 33 heavy (non-hydrogen) atoms. The molecule has 0 aromatic heterocycles. The molecular formula is C26H30ClIN4O. The first-order valence-corrected chi connectivity index (χ1v) is 13.2. The molecule has 1 aliphatic carbocycles. The molecule has 1 heterocycles. The maximum Gasteiger partial charge on any atom is 0.251 e. The van der Waals surface area contributed by atoms with Gasteiger partial charge in [0.05, 0.1) is 14.6 Å². The number of benzene rings is 2. The second kappa shape index (κ2) is 10.6. The highest BCUT2D eigenvalue weighted by Crippen LogP contribution is 2.30. The number of anilines is 1. The second-order valence-electron chi connectivity index (χ2n) is 9.14. The Hall–Kier alpha value is -1.82. The highest BCUT2D eigenvalue weighted by Gasteiger charge is 2.26. The van der Waals surface area contributed by atoms with Crippen LogP contribution in [0.15, 0.2) is 36.4 Å². The normalized spacial score (nSPS) is 21.5. The number of carbonyl (C=O) groups is 1. The summed E-state index contributed by atoms with van der Waals surface area (Å²) in [4.78, 5) is 17.6. The number of amides is 1. The summed E-state index contributed by atoms with van der Waals surface area (Å²) < 4.78 is 0.516. The van der Waals surface area contributed by atoms with Gasteiger partial charge in [0.15, 0.2) is 0 Å². The van der Waals surface area contributed by atoms with E-state index >= 15 is 0 Å². The first-order chi connectivity index (χ1) is 15.9. The third kappa shape index (κ3) is 5.64. The van der Waals surface area contributed by atoms with E-state index < -0.39 is 0 Å². The van der Waals surface area contributed by atoms with Gasteiger partial charge in [-0.3, -0.25) is 9.69 Å². The fourth-order valence-electron chi connectivity index (χ4n) is 4.92. The molecule has 5 nitrogen and oxygen atoms in total. The van der Waals surface area contributed by atoms with Crippen molar-refractivity contribution in [3.63, 3.8) is 0 Å². The predicted octanol–water partition coefficient (Wildman–Crippen LogP) is 5.53. The summed E-state index contributed by atoms with van der Waals surface area (Å²) in [7, 11) is 2.08. The number of hydrogen-bond acceptors (Lipinski definition) is 4. The lowest BCUT2D eigenvalue weighted by molar-refractivity contribution is 0.0925. The van der Waals surface area contributed by atoms with Crippen molar-refractivity contribution in [2.75, 3.05) is 18.5 Å². The van der Waals surface area contributed by atoms with Crippen LogP contribution in [0.2, 0.25) is 5.02 Å². The lowest BCUT2D eigenvalue weighted by Crippen LogP contribution is -2.43. The molecule has 7 heteroatoms. The van der Waals surface area contributed by atoms with Gasteiger partial charge in [-0.05, 0) is 80.5 Å². The topological polar surface area (TPSA) is 59.4 Å². The third-order valence-corrected chi connectivity index (χ3v) is 8.17. The van der Waals surface area contributed by atoms with Crippen molar-refractivity contribution >= 4 is 45.8 Å². The molecule has 0 spiro atoms. The monoisotopic (exact) mass is 576 g/mol. The predicted molar refractivity (Wildman–Crippen MR) is 142 cm³/mol. The third-order valence-electron chi connectivity index (χ3n) is 7.07. The zero-order valence-electron chi connectivity index (χ0n) is 19.2. The van der Waals surface area contributed by atoms with Gasteiger partial charge >= 0.3 is 0 Å². The minimum Gasteiger partial charge on any atom is -0.372 e. The molecule has 1 aliphatic heterocycles. The summed E-state index contributed by atoms with van der Waals surface area (Å²) >= 11 is 8.68. The number of rotatable bonds is 5. The van der Waals surface area contributed by atoms with Crippen molar-refractivity contribution in [2.45, 2.75) is 61.7 Å². The zero-order valence-corrected chi connectivity index (χ0v) is 22.1. The number of alkyl halides is 1. The van der Waals surface area contributed by atoms with E-state index in [2.05, 4.69) is 69.9 Å². The highest BCUT2D eigenvalue weighted by molar-refractivity contribution is 14.1. The summed E-state index contributed by atoms with van der Waals surface area (Å²) in [6, 6.07) is 14.5. The average Bonchev–Trinajstić information content (AvgIpc) is 2.83. The van der Waals surface area contributed by atoms with Gasteiger partial charge in [-0.25, -0.2) is 0 Å². The average molecular weight is 577 g/mol. The minimum atomic E-state index is 0.0400. The Balaban J connectivity index is 1.31. The van der Waals surface area contributed by atoms with Crippen LogP contribution in [0.3, 0.4) is 0 Å². The van der Waals surface area contributed by atoms with E-state index in [1.165, 1.54) is 11.1 Å². The SMILES string of the molecule is CC(I)N1CCc2cc(C(=O)NC3CCC(N(C)c4ccc(C#N)c(Cl)c4)CC3)ccc2C1. The van der Waals surface area contributed by atoms with Crippen LogP contribution in [-0.4, -0.2) is 40.5 Å². The van der Waals surface area contributed by atoms with Crippen molar-refractivity contribution < 1.29 is 4.79 Å². The van der Waals surface area contributed by atoms with E-state index in [0.29, 0.717) is 20.7 Å². The molecule has 0 radical (unpaired) electrons. The van der Waals surface area contributed by atoms with E-state index in [0.717, 1.165) is 56.4 Å². The number of nitrogens with zero attached hydrogens (tertiary/aromatic N) is 3. The molecule has 2 aromatic rings. The molecule has 1 amide bonds. The lowest BCUT2D eigenvalue weighted by atomic mass is 9.89. The summed E-state index contributed by atoms with van der Waals surface area (Å²) in [6.07, 6.45) is 4.93. The Labute approximate surface area is 215 Å². The quantitative estimate of drug-likeness (QED) is 0.289. The van der Waals surface area contributed by atoms with Crippen LogP contribution in [0.4, 0.5) is 5.69 Å². The molecule has 1 unspecified atom stereocenters. The van der Waals surface area contributed by atoms with Gasteiger partial charge in [0, 0.05) is 43.5 Å². The molecular weight excluding hydrogens is 547 g/mol. The summed E-state index contributed by atoms with van der Waals surface area (Å²) in [5.41, 5.74) is 4.95.